The van der Waals surface area contributed by atoms with Crippen molar-refractivity contribution in [2.75, 3.05) is 7.11 Å². The van der Waals surface area contributed by atoms with E-state index in [0.29, 0.717) is 17.9 Å². The zero-order chi connectivity index (χ0) is 16.1. The summed E-state index contributed by atoms with van der Waals surface area (Å²) in [6, 6.07) is 11.9. The van der Waals surface area contributed by atoms with Gasteiger partial charge < -0.3 is 9.47 Å². The van der Waals surface area contributed by atoms with Gasteiger partial charge in [0.2, 0.25) is 5.78 Å². The first-order valence-corrected chi connectivity index (χ1v) is 6.70. The molecule has 0 spiro atoms. The Balaban J connectivity index is 2.04. The fraction of sp³-hybridized carbons (Fsp3) is 0.235. The van der Waals surface area contributed by atoms with Crippen molar-refractivity contribution in [3.05, 3.63) is 59.2 Å². The van der Waals surface area contributed by atoms with Gasteiger partial charge in [-0.15, -0.1) is 0 Å². The van der Waals surface area contributed by atoms with Gasteiger partial charge in [-0.3, -0.25) is 4.79 Å². The maximum atomic E-state index is 12.4. The van der Waals surface area contributed by atoms with Crippen LogP contribution in [0.25, 0.3) is 0 Å². The van der Waals surface area contributed by atoms with Gasteiger partial charge >= 0.3 is 6.43 Å². The molecular weight excluding hydrogens is 290 g/mol. The van der Waals surface area contributed by atoms with Gasteiger partial charge in [-0.2, -0.15) is 0 Å². The molecule has 0 heterocycles. The van der Waals surface area contributed by atoms with E-state index in [1.54, 1.807) is 20.1 Å². The molecule has 3 nitrogen and oxygen atoms in total. The lowest BCUT2D eigenvalue weighted by Crippen LogP contribution is -2.11. The summed E-state index contributed by atoms with van der Waals surface area (Å²) in [6.07, 6.45) is -3.00. The molecule has 2 aromatic rings. The summed E-state index contributed by atoms with van der Waals surface area (Å²) in [7, 11) is 1.59. The van der Waals surface area contributed by atoms with Gasteiger partial charge in [0.15, 0.2) is 0 Å². The van der Waals surface area contributed by atoms with Crippen LogP contribution in [0, 0.1) is 6.92 Å². The number of rotatable bonds is 6. The zero-order valence-electron chi connectivity index (χ0n) is 12.3. The van der Waals surface area contributed by atoms with Gasteiger partial charge in [-0.05, 0) is 48.4 Å². The summed E-state index contributed by atoms with van der Waals surface area (Å²) in [4.78, 5) is 11.3. The topological polar surface area (TPSA) is 35.5 Å². The predicted molar refractivity (Wildman–Crippen MR) is 78.8 cm³/mol. The minimum absolute atomic E-state index is 0.0202. The standard InChI is InChI=1S/C17H16F2O3/c1-11-9-14(7-8-15(11)16(20)17(18)19)22-10-12-3-5-13(21-2)6-4-12/h3-9,17H,10H2,1-2H3. The van der Waals surface area contributed by atoms with E-state index in [4.69, 9.17) is 9.47 Å². The molecule has 0 aliphatic carbocycles. The summed E-state index contributed by atoms with van der Waals surface area (Å²) in [6.45, 7) is 1.95. The third-order valence-electron chi connectivity index (χ3n) is 3.23. The van der Waals surface area contributed by atoms with Crippen molar-refractivity contribution in [2.24, 2.45) is 0 Å². The number of hydrogen-bond acceptors (Lipinski definition) is 3. The molecule has 5 heteroatoms. The van der Waals surface area contributed by atoms with Crippen LogP contribution in [0.4, 0.5) is 8.78 Å². The maximum Gasteiger partial charge on any atom is 0.300 e. The Bertz CT molecular complexity index is 651. The van der Waals surface area contributed by atoms with Crippen LogP contribution in [0.1, 0.15) is 21.5 Å². The third kappa shape index (κ3) is 3.81. The highest BCUT2D eigenvalue weighted by atomic mass is 19.3. The van der Waals surface area contributed by atoms with E-state index in [-0.39, 0.29) is 5.56 Å². The van der Waals surface area contributed by atoms with E-state index in [1.165, 1.54) is 12.1 Å². The second kappa shape index (κ2) is 7.02. The molecule has 0 amide bonds. The Hall–Kier alpha value is -2.43. The van der Waals surface area contributed by atoms with E-state index in [2.05, 4.69) is 0 Å². The summed E-state index contributed by atoms with van der Waals surface area (Å²) in [5.41, 5.74) is 1.44. The Morgan fingerprint density at radius 3 is 2.27 bits per heavy atom. The van der Waals surface area contributed by atoms with Crippen LogP contribution in [0.2, 0.25) is 0 Å². The quantitative estimate of drug-likeness (QED) is 0.756. The lowest BCUT2D eigenvalue weighted by atomic mass is 10.0. The molecule has 22 heavy (non-hydrogen) atoms. The van der Waals surface area contributed by atoms with Crippen LogP contribution in [0.5, 0.6) is 11.5 Å². The third-order valence-corrected chi connectivity index (χ3v) is 3.23. The van der Waals surface area contributed by atoms with Crippen molar-refractivity contribution >= 4 is 5.78 Å². The second-order valence-electron chi connectivity index (χ2n) is 4.78. The Labute approximate surface area is 127 Å². The number of methoxy groups -OCH3 is 1. The summed E-state index contributed by atoms with van der Waals surface area (Å²) < 4.78 is 35.5. The number of carbonyl (C=O) groups is 1. The average molecular weight is 306 g/mol. The Morgan fingerprint density at radius 1 is 1.09 bits per heavy atom. The van der Waals surface area contributed by atoms with Gasteiger partial charge in [0.05, 0.1) is 7.11 Å². The van der Waals surface area contributed by atoms with Gasteiger partial charge in [0.25, 0.3) is 0 Å². The molecule has 0 aromatic heterocycles. The smallest absolute Gasteiger partial charge is 0.300 e. The Morgan fingerprint density at radius 2 is 1.73 bits per heavy atom. The number of ketones is 1. The SMILES string of the molecule is COc1ccc(COc2ccc(C(=O)C(F)F)c(C)c2)cc1. The first-order valence-electron chi connectivity index (χ1n) is 6.70. The van der Waals surface area contributed by atoms with Gasteiger partial charge in [0.1, 0.15) is 18.1 Å². The predicted octanol–water partition coefficient (Wildman–Crippen LogP) is 4.03. The number of alkyl halides is 2. The number of carbonyl (C=O) groups excluding carboxylic acids is 1. The van der Waals surface area contributed by atoms with Crippen molar-refractivity contribution in [1.82, 2.24) is 0 Å². The number of halogens is 2. The molecule has 0 atom stereocenters. The minimum atomic E-state index is -3.00. The highest BCUT2D eigenvalue weighted by Gasteiger charge is 2.19. The molecule has 0 fully saturated rings. The van der Waals surface area contributed by atoms with E-state index in [1.807, 2.05) is 24.3 Å². The molecule has 0 aliphatic rings. The number of Topliss-reactive ketones (excluding diaryl/α,β-unsaturated/α-hetero) is 1. The van der Waals surface area contributed by atoms with Crippen LogP contribution < -0.4 is 9.47 Å². The van der Waals surface area contributed by atoms with E-state index in [9.17, 15) is 13.6 Å². The Kier molecular flexibility index (Phi) is 5.09. The highest BCUT2D eigenvalue weighted by Crippen LogP contribution is 2.21. The number of aryl methyl sites for hydroxylation is 1. The first-order chi connectivity index (χ1) is 10.5. The molecule has 0 saturated carbocycles. The summed E-state index contributed by atoms with van der Waals surface area (Å²) in [5.74, 6) is 0.118. The van der Waals surface area contributed by atoms with Crippen molar-refractivity contribution in [2.45, 2.75) is 20.0 Å². The summed E-state index contributed by atoms with van der Waals surface area (Å²) in [5, 5.41) is 0. The molecular formula is C17H16F2O3. The van der Waals surface area contributed by atoms with Crippen molar-refractivity contribution in [3.8, 4) is 11.5 Å². The molecule has 2 aromatic carbocycles. The van der Waals surface area contributed by atoms with Crippen molar-refractivity contribution in [1.29, 1.82) is 0 Å². The summed E-state index contributed by atoms with van der Waals surface area (Å²) >= 11 is 0. The van der Waals surface area contributed by atoms with Crippen LogP contribution in [-0.2, 0) is 6.61 Å². The fourth-order valence-electron chi connectivity index (χ4n) is 2.01. The van der Waals surface area contributed by atoms with Crippen LogP contribution in [-0.4, -0.2) is 19.3 Å². The number of hydrogen-bond donors (Lipinski definition) is 0. The maximum absolute atomic E-state index is 12.4. The average Bonchev–Trinajstić information content (AvgIpc) is 2.52. The van der Waals surface area contributed by atoms with E-state index < -0.39 is 12.2 Å². The molecule has 2 rings (SSSR count). The normalized spacial score (nSPS) is 10.6. The molecule has 116 valence electrons. The molecule has 0 radical (unpaired) electrons. The van der Waals surface area contributed by atoms with Crippen LogP contribution in [0.15, 0.2) is 42.5 Å². The van der Waals surface area contributed by atoms with Gasteiger partial charge in [-0.1, -0.05) is 12.1 Å². The van der Waals surface area contributed by atoms with E-state index >= 15 is 0 Å². The number of benzene rings is 2. The monoisotopic (exact) mass is 306 g/mol. The second-order valence-corrected chi connectivity index (χ2v) is 4.78. The minimum Gasteiger partial charge on any atom is -0.497 e. The molecule has 0 saturated heterocycles. The van der Waals surface area contributed by atoms with Crippen molar-refractivity contribution in [3.63, 3.8) is 0 Å². The highest BCUT2D eigenvalue weighted by molar-refractivity contribution is 5.99. The van der Waals surface area contributed by atoms with Crippen LogP contribution in [0.3, 0.4) is 0 Å². The lowest BCUT2D eigenvalue weighted by molar-refractivity contribution is 0.0678. The fourth-order valence-corrected chi connectivity index (χ4v) is 2.01. The molecule has 0 unspecified atom stereocenters. The first kappa shape index (κ1) is 15.9. The largest absolute Gasteiger partial charge is 0.497 e. The van der Waals surface area contributed by atoms with Crippen LogP contribution >= 0.6 is 0 Å². The van der Waals surface area contributed by atoms with Gasteiger partial charge in [-0.25, -0.2) is 8.78 Å². The lowest BCUT2D eigenvalue weighted by Gasteiger charge is -2.10. The zero-order valence-corrected chi connectivity index (χ0v) is 12.3. The molecule has 0 aliphatic heterocycles. The van der Waals surface area contributed by atoms with E-state index in [0.717, 1.165) is 11.3 Å². The number of ether oxygens (including phenoxy) is 2. The van der Waals surface area contributed by atoms with Crippen molar-refractivity contribution < 1.29 is 23.0 Å². The molecule has 0 bridgehead atoms. The van der Waals surface area contributed by atoms with Gasteiger partial charge in [0, 0.05) is 5.56 Å². The molecule has 0 N–H and O–H groups in total.